The Balaban J connectivity index is 1.70. The maximum atomic E-state index is 14.8. The number of pyridine rings is 2. The number of piperazine rings is 1. The van der Waals surface area contributed by atoms with Crippen molar-refractivity contribution in [3.63, 3.8) is 0 Å². The molecule has 3 aromatic heterocycles. The highest BCUT2D eigenvalue weighted by molar-refractivity contribution is 6.33. The molecule has 6 rings (SSSR count). The van der Waals surface area contributed by atoms with Gasteiger partial charge in [0.25, 0.3) is 0 Å². The third-order valence-corrected chi connectivity index (χ3v) is 7.33. The number of nitrogens with zero attached hydrogens (tertiary/aromatic N) is 5. The molecule has 36 heavy (non-hydrogen) atoms. The van der Waals surface area contributed by atoms with E-state index in [-0.39, 0.29) is 17.3 Å². The first kappa shape index (κ1) is 23.1. The molecule has 1 saturated carbocycles. The Morgan fingerprint density at radius 1 is 1.17 bits per heavy atom. The number of aromatic nitrogens is 4. The molecule has 0 unspecified atom stereocenters. The first-order valence-corrected chi connectivity index (χ1v) is 12.6. The van der Waals surface area contributed by atoms with E-state index in [1.54, 1.807) is 35.0 Å². The standard InChI is InChI=1S/C27H26ClFN6O/c1-15-9-10-31-22(17-7-8-17)24(15)35-26-19(25(33-27(35)36)34-12-11-30-14-16(34)2)13-20(28)23(32-26)18-5-3-4-6-21(18)29/h3-6,9-10,13,16-17,30H,7-8,11-12,14H2,1-2H3/t16-/m0/s1. The first-order chi connectivity index (χ1) is 17.4. The number of hydrogen-bond acceptors (Lipinski definition) is 6. The maximum absolute atomic E-state index is 14.8. The topological polar surface area (TPSA) is 75.9 Å². The summed E-state index contributed by atoms with van der Waals surface area (Å²) in [6, 6.07) is 10.2. The Morgan fingerprint density at radius 2 is 1.97 bits per heavy atom. The number of halogens is 2. The quantitative estimate of drug-likeness (QED) is 0.437. The van der Waals surface area contributed by atoms with Crippen molar-refractivity contribution in [2.24, 2.45) is 0 Å². The largest absolute Gasteiger partial charge is 0.355 e. The minimum atomic E-state index is -0.435. The average molecular weight is 505 g/mol. The fourth-order valence-corrected chi connectivity index (χ4v) is 5.29. The van der Waals surface area contributed by atoms with Crippen molar-refractivity contribution < 1.29 is 4.39 Å². The molecule has 1 saturated heterocycles. The van der Waals surface area contributed by atoms with Crippen molar-refractivity contribution in [2.45, 2.75) is 38.6 Å². The van der Waals surface area contributed by atoms with Crippen LogP contribution in [0.5, 0.6) is 0 Å². The van der Waals surface area contributed by atoms with Gasteiger partial charge in [-0.05, 0) is 56.5 Å². The molecule has 1 aliphatic carbocycles. The summed E-state index contributed by atoms with van der Waals surface area (Å²) in [4.78, 5) is 30.0. The van der Waals surface area contributed by atoms with Gasteiger partial charge < -0.3 is 10.2 Å². The predicted molar refractivity (Wildman–Crippen MR) is 140 cm³/mol. The van der Waals surface area contributed by atoms with E-state index >= 15 is 0 Å². The third-order valence-electron chi connectivity index (χ3n) is 7.05. The van der Waals surface area contributed by atoms with Crippen molar-refractivity contribution in [3.8, 4) is 16.9 Å². The fourth-order valence-electron chi connectivity index (χ4n) is 5.04. The summed E-state index contributed by atoms with van der Waals surface area (Å²) in [5, 5.41) is 4.32. The number of fused-ring (bicyclic) bond motifs is 1. The molecule has 0 amide bonds. The molecule has 1 aromatic carbocycles. The van der Waals surface area contributed by atoms with Crippen molar-refractivity contribution in [1.82, 2.24) is 24.8 Å². The van der Waals surface area contributed by atoms with Gasteiger partial charge in [-0.3, -0.25) is 4.98 Å². The van der Waals surface area contributed by atoms with Crippen LogP contribution in [0.2, 0.25) is 5.02 Å². The van der Waals surface area contributed by atoms with E-state index in [0.29, 0.717) is 40.0 Å². The summed E-state index contributed by atoms with van der Waals surface area (Å²) in [6.45, 7) is 6.29. The highest BCUT2D eigenvalue weighted by Gasteiger charge is 2.31. The predicted octanol–water partition coefficient (Wildman–Crippen LogP) is 4.62. The van der Waals surface area contributed by atoms with Crippen molar-refractivity contribution in [1.29, 1.82) is 0 Å². The smallest absolute Gasteiger partial charge is 0.351 e. The van der Waals surface area contributed by atoms with Gasteiger partial charge in [0, 0.05) is 43.4 Å². The normalized spacial score (nSPS) is 18.1. The van der Waals surface area contributed by atoms with Crippen LogP contribution in [0, 0.1) is 12.7 Å². The van der Waals surface area contributed by atoms with Crippen LogP contribution < -0.4 is 15.9 Å². The molecular weight excluding hydrogens is 479 g/mol. The van der Waals surface area contributed by atoms with E-state index in [1.165, 1.54) is 6.07 Å². The molecule has 4 aromatic rings. The second-order valence-corrected chi connectivity index (χ2v) is 10.0. The van der Waals surface area contributed by atoms with Gasteiger partial charge in [0.1, 0.15) is 11.6 Å². The maximum Gasteiger partial charge on any atom is 0.355 e. The molecule has 1 atom stereocenters. The molecule has 1 aliphatic heterocycles. The molecule has 0 bridgehead atoms. The van der Waals surface area contributed by atoms with Crippen LogP contribution in [0.3, 0.4) is 0 Å². The third kappa shape index (κ3) is 3.85. The average Bonchev–Trinajstić information content (AvgIpc) is 3.70. The van der Waals surface area contributed by atoms with E-state index < -0.39 is 11.5 Å². The van der Waals surface area contributed by atoms with Crippen molar-refractivity contribution in [2.75, 3.05) is 24.5 Å². The van der Waals surface area contributed by atoms with Crippen LogP contribution in [-0.2, 0) is 0 Å². The molecule has 7 nitrogen and oxygen atoms in total. The van der Waals surface area contributed by atoms with Gasteiger partial charge >= 0.3 is 5.69 Å². The monoisotopic (exact) mass is 504 g/mol. The second kappa shape index (κ2) is 8.94. The Hall–Kier alpha value is -3.36. The number of aryl methyl sites for hydroxylation is 1. The van der Waals surface area contributed by atoms with Gasteiger partial charge in [-0.25, -0.2) is 18.7 Å². The Labute approximate surface area is 213 Å². The van der Waals surface area contributed by atoms with Crippen LogP contribution >= 0.6 is 11.6 Å². The Morgan fingerprint density at radius 3 is 2.72 bits per heavy atom. The summed E-state index contributed by atoms with van der Waals surface area (Å²) in [6.07, 6.45) is 3.83. The molecule has 0 spiro atoms. The number of benzene rings is 1. The van der Waals surface area contributed by atoms with Crippen LogP contribution in [0.25, 0.3) is 28.0 Å². The number of rotatable bonds is 4. The second-order valence-electron chi connectivity index (χ2n) is 9.61. The molecule has 9 heteroatoms. The minimum Gasteiger partial charge on any atom is -0.351 e. The van der Waals surface area contributed by atoms with Crippen LogP contribution in [0.15, 0.2) is 47.4 Å². The summed E-state index contributed by atoms with van der Waals surface area (Å²) in [7, 11) is 0. The lowest BCUT2D eigenvalue weighted by molar-refractivity contribution is 0.497. The van der Waals surface area contributed by atoms with E-state index in [2.05, 4.69) is 27.1 Å². The zero-order valence-corrected chi connectivity index (χ0v) is 20.9. The van der Waals surface area contributed by atoms with Crippen molar-refractivity contribution in [3.05, 3.63) is 75.2 Å². The lowest BCUT2D eigenvalue weighted by Gasteiger charge is -2.35. The molecule has 4 heterocycles. The van der Waals surface area contributed by atoms with Crippen LogP contribution in [0.1, 0.15) is 36.9 Å². The van der Waals surface area contributed by atoms with E-state index in [9.17, 15) is 9.18 Å². The van der Waals surface area contributed by atoms with Gasteiger partial charge in [0.2, 0.25) is 0 Å². The zero-order chi connectivity index (χ0) is 25.0. The molecule has 1 N–H and O–H groups in total. The molecule has 2 fully saturated rings. The van der Waals surface area contributed by atoms with Crippen LogP contribution in [-0.4, -0.2) is 45.2 Å². The molecule has 184 valence electrons. The lowest BCUT2D eigenvalue weighted by atomic mass is 10.1. The van der Waals surface area contributed by atoms with E-state index in [4.69, 9.17) is 16.6 Å². The summed E-state index contributed by atoms with van der Waals surface area (Å²) in [5.41, 5.74) is 3.01. The van der Waals surface area contributed by atoms with Crippen molar-refractivity contribution >= 4 is 28.5 Å². The summed E-state index contributed by atoms with van der Waals surface area (Å²) in [5.74, 6) is 0.415. The fraction of sp³-hybridized carbons (Fsp3) is 0.333. The van der Waals surface area contributed by atoms with Gasteiger partial charge in [-0.15, -0.1) is 0 Å². The molecule has 2 aliphatic rings. The van der Waals surface area contributed by atoms with Gasteiger partial charge in [-0.1, -0.05) is 23.7 Å². The van der Waals surface area contributed by atoms with Gasteiger partial charge in [0.15, 0.2) is 5.65 Å². The number of hydrogen-bond donors (Lipinski definition) is 1. The minimum absolute atomic E-state index is 0.122. The molecule has 0 radical (unpaired) electrons. The first-order valence-electron chi connectivity index (χ1n) is 12.3. The highest BCUT2D eigenvalue weighted by Crippen LogP contribution is 2.43. The van der Waals surface area contributed by atoms with Crippen LogP contribution in [0.4, 0.5) is 10.2 Å². The lowest BCUT2D eigenvalue weighted by Crippen LogP contribution is -2.50. The SMILES string of the molecule is Cc1ccnc(C2CC2)c1-n1c(=O)nc(N2CCNC[C@@H]2C)c2cc(Cl)c(-c3ccccc3F)nc21. The Kier molecular flexibility index (Phi) is 5.73. The Bertz CT molecular complexity index is 1550. The summed E-state index contributed by atoms with van der Waals surface area (Å²) < 4.78 is 16.4. The number of anilines is 1. The molecular formula is C27H26ClFN6O. The zero-order valence-electron chi connectivity index (χ0n) is 20.1. The summed E-state index contributed by atoms with van der Waals surface area (Å²) >= 11 is 6.73. The van der Waals surface area contributed by atoms with E-state index in [0.717, 1.165) is 37.2 Å². The highest BCUT2D eigenvalue weighted by atomic mass is 35.5. The number of nitrogens with one attached hydrogen (secondary N) is 1. The van der Waals surface area contributed by atoms with Gasteiger partial charge in [0.05, 0.1) is 27.5 Å². The van der Waals surface area contributed by atoms with Gasteiger partial charge in [-0.2, -0.15) is 4.98 Å². The van der Waals surface area contributed by atoms with E-state index in [1.807, 2.05) is 13.0 Å².